The van der Waals surface area contributed by atoms with Gasteiger partial charge in [0.15, 0.2) is 0 Å². The number of piperazine rings is 1. The van der Waals surface area contributed by atoms with Crippen LogP contribution in [0.2, 0.25) is 0 Å². The third-order valence-corrected chi connectivity index (χ3v) is 3.95. The summed E-state index contributed by atoms with van der Waals surface area (Å²) in [5, 5.41) is 3.67. The van der Waals surface area contributed by atoms with Gasteiger partial charge in [0, 0.05) is 44.9 Å². The van der Waals surface area contributed by atoms with Crippen LogP contribution in [0.3, 0.4) is 0 Å². The van der Waals surface area contributed by atoms with E-state index < -0.39 is 0 Å². The molecule has 0 aromatic heterocycles. The van der Waals surface area contributed by atoms with Crippen molar-refractivity contribution in [3.8, 4) is 0 Å². The normalized spacial score (nSPS) is 27.0. The number of ether oxygens (including phenoxy) is 1. The van der Waals surface area contributed by atoms with Gasteiger partial charge in [0.1, 0.15) is 0 Å². The van der Waals surface area contributed by atoms with Gasteiger partial charge < -0.3 is 10.1 Å². The predicted molar refractivity (Wildman–Crippen MR) is 73.4 cm³/mol. The lowest BCUT2D eigenvalue weighted by Gasteiger charge is -2.46. The maximum Gasteiger partial charge on any atom is 0.0474 e. The van der Waals surface area contributed by atoms with Crippen molar-refractivity contribution < 1.29 is 4.74 Å². The number of nitrogens with one attached hydrogen (secondary N) is 1. The highest BCUT2D eigenvalue weighted by atomic mass is 16.5. The summed E-state index contributed by atoms with van der Waals surface area (Å²) in [5.41, 5.74) is 0.247. The molecule has 0 amide bonds. The number of methoxy groups -OCH3 is 1. The molecule has 3 heteroatoms. The Morgan fingerprint density at radius 1 is 1.47 bits per heavy atom. The first kappa shape index (κ1) is 14.9. The predicted octanol–water partition coefficient (Wildman–Crippen LogP) is 2.12. The summed E-state index contributed by atoms with van der Waals surface area (Å²) in [5.74, 6) is 0.765. The summed E-state index contributed by atoms with van der Waals surface area (Å²) in [6.07, 6.45) is 2.40. The van der Waals surface area contributed by atoms with Crippen LogP contribution >= 0.6 is 0 Å². The van der Waals surface area contributed by atoms with Gasteiger partial charge in [-0.1, -0.05) is 20.3 Å². The Bertz CT molecular complexity index is 218. The molecular weight excluding hydrogens is 212 g/mol. The van der Waals surface area contributed by atoms with Crippen molar-refractivity contribution in [3.05, 3.63) is 0 Å². The van der Waals surface area contributed by atoms with Gasteiger partial charge in [-0.2, -0.15) is 0 Å². The number of rotatable bonds is 6. The lowest BCUT2D eigenvalue weighted by molar-refractivity contribution is 0.0552. The van der Waals surface area contributed by atoms with Gasteiger partial charge in [0.2, 0.25) is 0 Å². The standard InChI is InChI=1S/C14H30N2O/c1-6-12(2)13-10-15-14(3,4)11-16(13)8-7-9-17-5/h12-13,15H,6-11H2,1-5H3. The van der Waals surface area contributed by atoms with E-state index >= 15 is 0 Å². The molecule has 0 spiro atoms. The molecule has 1 heterocycles. The smallest absolute Gasteiger partial charge is 0.0474 e. The highest BCUT2D eigenvalue weighted by Gasteiger charge is 2.34. The molecule has 17 heavy (non-hydrogen) atoms. The Hall–Kier alpha value is -0.120. The molecule has 1 rings (SSSR count). The van der Waals surface area contributed by atoms with Gasteiger partial charge in [-0.15, -0.1) is 0 Å². The van der Waals surface area contributed by atoms with Crippen molar-refractivity contribution in [1.29, 1.82) is 0 Å². The average Bonchev–Trinajstić information content (AvgIpc) is 2.28. The molecule has 0 aromatic carbocycles. The van der Waals surface area contributed by atoms with Crippen LogP contribution in [0.25, 0.3) is 0 Å². The topological polar surface area (TPSA) is 24.5 Å². The van der Waals surface area contributed by atoms with E-state index in [0.717, 1.165) is 38.6 Å². The second-order valence-corrected chi connectivity index (χ2v) is 6.03. The molecule has 2 unspecified atom stereocenters. The summed E-state index contributed by atoms with van der Waals surface area (Å²) >= 11 is 0. The minimum Gasteiger partial charge on any atom is -0.385 e. The molecule has 0 aromatic rings. The molecular formula is C14H30N2O. The van der Waals surface area contributed by atoms with Crippen molar-refractivity contribution in [2.24, 2.45) is 5.92 Å². The molecule has 1 fully saturated rings. The van der Waals surface area contributed by atoms with Crippen molar-refractivity contribution in [1.82, 2.24) is 10.2 Å². The molecule has 0 aliphatic carbocycles. The largest absolute Gasteiger partial charge is 0.385 e. The summed E-state index contributed by atoms with van der Waals surface area (Å²) in [6, 6.07) is 0.685. The number of hydrogen-bond donors (Lipinski definition) is 1. The maximum atomic E-state index is 5.16. The third kappa shape index (κ3) is 4.57. The Morgan fingerprint density at radius 3 is 2.76 bits per heavy atom. The Balaban J connectivity index is 2.55. The molecule has 0 saturated carbocycles. The van der Waals surface area contributed by atoms with E-state index in [1.54, 1.807) is 7.11 Å². The van der Waals surface area contributed by atoms with E-state index in [9.17, 15) is 0 Å². The van der Waals surface area contributed by atoms with Gasteiger partial charge in [0.05, 0.1) is 0 Å². The van der Waals surface area contributed by atoms with E-state index in [4.69, 9.17) is 4.74 Å². The molecule has 0 bridgehead atoms. The van der Waals surface area contributed by atoms with E-state index in [-0.39, 0.29) is 5.54 Å². The highest BCUT2D eigenvalue weighted by molar-refractivity contribution is 4.93. The Labute approximate surface area is 107 Å². The SMILES string of the molecule is CCC(C)C1CNC(C)(C)CN1CCCOC. The molecule has 1 aliphatic heterocycles. The lowest BCUT2D eigenvalue weighted by atomic mass is 9.90. The van der Waals surface area contributed by atoms with Crippen LogP contribution in [0.5, 0.6) is 0 Å². The summed E-state index contributed by atoms with van der Waals surface area (Å²) in [6.45, 7) is 13.5. The Morgan fingerprint density at radius 2 is 2.18 bits per heavy atom. The van der Waals surface area contributed by atoms with Crippen LogP contribution in [-0.2, 0) is 4.74 Å². The van der Waals surface area contributed by atoms with E-state index in [1.807, 2.05) is 0 Å². The molecule has 3 nitrogen and oxygen atoms in total. The van der Waals surface area contributed by atoms with Crippen LogP contribution in [0.4, 0.5) is 0 Å². The zero-order valence-electron chi connectivity index (χ0n) is 12.3. The lowest BCUT2D eigenvalue weighted by Crippen LogP contribution is -2.63. The third-order valence-electron chi connectivity index (χ3n) is 3.95. The molecule has 2 atom stereocenters. The van der Waals surface area contributed by atoms with Gasteiger partial charge in [-0.25, -0.2) is 0 Å². The second kappa shape index (κ2) is 6.72. The van der Waals surface area contributed by atoms with Crippen molar-refractivity contribution in [3.63, 3.8) is 0 Å². The highest BCUT2D eigenvalue weighted by Crippen LogP contribution is 2.22. The first-order valence-corrected chi connectivity index (χ1v) is 6.98. The fourth-order valence-electron chi connectivity index (χ4n) is 2.68. The van der Waals surface area contributed by atoms with Gasteiger partial charge in [-0.3, -0.25) is 4.90 Å². The summed E-state index contributed by atoms with van der Waals surface area (Å²) in [7, 11) is 1.79. The fraction of sp³-hybridized carbons (Fsp3) is 1.00. The van der Waals surface area contributed by atoms with E-state index in [1.165, 1.54) is 6.42 Å². The van der Waals surface area contributed by atoms with E-state index in [0.29, 0.717) is 6.04 Å². The maximum absolute atomic E-state index is 5.16. The first-order chi connectivity index (χ1) is 8.00. The second-order valence-electron chi connectivity index (χ2n) is 6.03. The summed E-state index contributed by atoms with van der Waals surface area (Å²) < 4.78 is 5.16. The monoisotopic (exact) mass is 242 g/mol. The van der Waals surface area contributed by atoms with Crippen molar-refractivity contribution in [2.45, 2.75) is 52.1 Å². The Kier molecular flexibility index (Phi) is 5.90. The first-order valence-electron chi connectivity index (χ1n) is 6.98. The van der Waals surface area contributed by atoms with Crippen LogP contribution in [-0.4, -0.2) is 49.8 Å². The van der Waals surface area contributed by atoms with Gasteiger partial charge in [-0.05, 0) is 26.2 Å². The zero-order valence-corrected chi connectivity index (χ0v) is 12.3. The molecule has 1 aliphatic rings. The van der Waals surface area contributed by atoms with Crippen molar-refractivity contribution in [2.75, 3.05) is 33.4 Å². The number of hydrogen-bond acceptors (Lipinski definition) is 3. The van der Waals surface area contributed by atoms with Crippen LogP contribution < -0.4 is 5.32 Å². The zero-order chi connectivity index (χ0) is 12.9. The molecule has 102 valence electrons. The van der Waals surface area contributed by atoms with Gasteiger partial charge in [0.25, 0.3) is 0 Å². The minimum atomic E-state index is 0.247. The van der Waals surface area contributed by atoms with E-state index in [2.05, 4.69) is 37.9 Å². The average molecular weight is 242 g/mol. The fourth-order valence-corrected chi connectivity index (χ4v) is 2.68. The van der Waals surface area contributed by atoms with Crippen LogP contribution in [0.1, 0.15) is 40.5 Å². The van der Waals surface area contributed by atoms with Crippen molar-refractivity contribution >= 4 is 0 Å². The van der Waals surface area contributed by atoms with Crippen LogP contribution in [0, 0.1) is 5.92 Å². The van der Waals surface area contributed by atoms with Crippen LogP contribution in [0.15, 0.2) is 0 Å². The molecule has 1 saturated heterocycles. The molecule has 1 N–H and O–H groups in total. The minimum absolute atomic E-state index is 0.247. The summed E-state index contributed by atoms with van der Waals surface area (Å²) in [4.78, 5) is 2.66. The molecule has 0 radical (unpaired) electrons. The quantitative estimate of drug-likeness (QED) is 0.722. The number of nitrogens with zero attached hydrogens (tertiary/aromatic N) is 1. The van der Waals surface area contributed by atoms with Gasteiger partial charge >= 0.3 is 0 Å².